The molecule has 116 valence electrons. The molecule has 0 radical (unpaired) electrons. The van der Waals surface area contributed by atoms with Crippen LogP contribution < -0.4 is 5.32 Å². The van der Waals surface area contributed by atoms with Crippen LogP contribution in [0.4, 0.5) is 11.5 Å². The molecule has 0 aliphatic carbocycles. The van der Waals surface area contributed by atoms with Gasteiger partial charge in [0, 0.05) is 44.8 Å². The van der Waals surface area contributed by atoms with Gasteiger partial charge < -0.3 is 10.2 Å². The summed E-state index contributed by atoms with van der Waals surface area (Å²) in [6, 6.07) is 1.96. The van der Waals surface area contributed by atoms with Gasteiger partial charge in [0.25, 0.3) is 5.69 Å². The van der Waals surface area contributed by atoms with Crippen molar-refractivity contribution in [1.82, 2.24) is 14.8 Å². The molecule has 0 spiro atoms. The summed E-state index contributed by atoms with van der Waals surface area (Å²) in [5, 5.41) is 14.0. The van der Waals surface area contributed by atoms with Gasteiger partial charge in [-0.15, -0.1) is 0 Å². The molecule has 1 saturated heterocycles. The Balaban J connectivity index is 1.89. The third-order valence-corrected chi connectivity index (χ3v) is 4.00. The van der Waals surface area contributed by atoms with Gasteiger partial charge >= 0.3 is 0 Å². The van der Waals surface area contributed by atoms with E-state index in [-0.39, 0.29) is 5.69 Å². The van der Waals surface area contributed by atoms with Crippen LogP contribution in [0.25, 0.3) is 0 Å². The number of nitrogens with zero attached hydrogens (tertiary/aromatic N) is 4. The van der Waals surface area contributed by atoms with Gasteiger partial charge in [-0.3, -0.25) is 15.0 Å². The molecule has 1 unspecified atom stereocenters. The highest BCUT2D eigenvalue weighted by molar-refractivity contribution is 5.48. The summed E-state index contributed by atoms with van der Waals surface area (Å²) in [4.78, 5) is 19.2. The van der Waals surface area contributed by atoms with Crippen LogP contribution >= 0.6 is 0 Å². The van der Waals surface area contributed by atoms with Crippen LogP contribution in [0.3, 0.4) is 0 Å². The number of likely N-dealkylation sites (N-methyl/N-ethyl adjacent to an activating group) is 1. The van der Waals surface area contributed by atoms with E-state index in [4.69, 9.17) is 0 Å². The van der Waals surface area contributed by atoms with Crippen LogP contribution in [-0.2, 0) is 0 Å². The average molecular weight is 293 g/mol. The number of hydrogen-bond donors (Lipinski definition) is 1. The number of aromatic nitrogens is 1. The van der Waals surface area contributed by atoms with Gasteiger partial charge in [-0.25, -0.2) is 4.98 Å². The first-order valence-corrected chi connectivity index (χ1v) is 7.25. The molecular weight excluding hydrogens is 270 g/mol. The van der Waals surface area contributed by atoms with Crippen molar-refractivity contribution < 1.29 is 4.92 Å². The maximum absolute atomic E-state index is 10.7. The topological polar surface area (TPSA) is 74.5 Å². The molecule has 1 N–H and O–H groups in total. The molecule has 1 atom stereocenters. The fourth-order valence-electron chi connectivity index (χ4n) is 2.48. The Labute approximate surface area is 125 Å². The van der Waals surface area contributed by atoms with Crippen LogP contribution in [0.5, 0.6) is 0 Å². The van der Waals surface area contributed by atoms with E-state index in [1.54, 1.807) is 6.07 Å². The average Bonchev–Trinajstić information content (AvgIpc) is 2.46. The van der Waals surface area contributed by atoms with Crippen molar-refractivity contribution in [2.45, 2.75) is 19.9 Å². The molecule has 0 amide bonds. The summed E-state index contributed by atoms with van der Waals surface area (Å²) in [7, 11) is 2.14. The van der Waals surface area contributed by atoms with E-state index in [1.165, 1.54) is 6.20 Å². The minimum absolute atomic E-state index is 0.0326. The standard InChI is InChI=1S/C14H23N5O2/c1-11-8-13(19(20)21)10-16-14(11)15-9-12(2)18-6-4-17(3)5-7-18/h8,10,12H,4-7,9H2,1-3H3,(H,15,16). The van der Waals surface area contributed by atoms with Crippen LogP contribution in [0.15, 0.2) is 12.3 Å². The predicted octanol–water partition coefficient (Wildman–Crippen LogP) is 1.35. The first-order chi connectivity index (χ1) is 9.97. The lowest BCUT2D eigenvalue weighted by atomic mass is 10.2. The monoisotopic (exact) mass is 293 g/mol. The fourth-order valence-corrected chi connectivity index (χ4v) is 2.48. The van der Waals surface area contributed by atoms with Crippen LogP contribution in [0.1, 0.15) is 12.5 Å². The quantitative estimate of drug-likeness (QED) is 0.652. The predicted molar refractivity (Wildman–Crippen MR) is 82.7 cm³/mol. The van der Waals surface area contributed by atoms with E-state index in [0.717, 1.165) is 44.1 Å². The highest BCUT2D eigenvalue weighted by Crippen LogP contribution is 2.18. The molecule has 1 aliphatic heterocycles. The summed E-state index contributed by atoms with van der Waals surface area (Å²) >= 11 is 0. The summed E-state index contributed by atoms with van der Waals surface area (Å²) in [6.45, 7) is 9.16. The number of anilines is 1. The summed E-state index contributed by atoms with van der Waals surface area (Å²) in [5.41, 5.74) is 0.833. The molecule has 1 aromatic rings. The second-order valence-corrected chi connectivity index (χ2v) is 5.69. The van der Waals surface area contributed by atoms with E-state index in [1.807, 2.05) is 6.92 Å². The molecule has 1 fully saturated rings. The number of nitrogens with one attached hydrogen (secondary N) is 1. The first kappa shape index (κ1) is 15.7. The van der Waals surface area contributed by atoms with Gasteiger partial charge in [-0.05, 0) is 26.5 Å². The van der Waals surface area contributed by atoms with Crippen molar-refractivity contribution in [2.75, 3.05) is 45.1 Å². The third kappa shape index (κ3) is 4.12. The second kappa shape index (κ2) is 6.82. The normalized spacial score (nSPS) is 18.4. The van der Waals surface area contributed by atoms with Gasteiger partial charge in [-0.1, -0.05) is 0 Å². The van der Waals surface area contributed by atoms with Crippen molar-refractivity contribution in [1.29, 1.82) is 0 Å². The van der Waals surface area contributed by atoms with Crippen molar-refractivity contribution >= 4 is 11.5 Å². The Bertz CT molecular complexity index is 500. The van der Waals surface area contributed by atoms with Crippen molar-refractivity contribution in [3.8, 4) is 0 Å². The van der Waals surface area contributed by atoms with Crippen LogP contribution in [-0.4, -0.2) is 65.5 Å². The SMILES string of the molecule is Cc1cc([N+](=O)[O-])cnc1NCC(C)N1CCN(C)CC1. The highest BCUT2D eigenvalue weighted by Gasteiger charge is 2.19. The number of hydrogen-bond acceptors (Lipinski definition) is 6. The van der Waals surface area contributed by atoms with Crippen molar-refractivity contribution in [3.05, 3.63) is 27.9 Å². The summed E-state index contributed by atoms with van der Waals surface area (Å²) in [6.07, 6.45) is 1.30. The zero-order valence-electron chi connectivity index (χ0n) is 12.9. The lowest BCUT2D eigenvalue weighted by Gasteiger charge is -2.36. The Hall–Kier alpha value is -1.73. The molecule has 7 nitrogen and oxygen atoms in total. The Morgan fingerprint density at radius 3 is 2.67 bits per heavy atom. The zero-order valence-corrected chi connectivity index (χ0v) is 12.9. The maximum Gasteiger partial charge on any atom is 0.287 e. The van der Waals surface area contributed by atoms with Crippen LogP contribution in [0.2, 0.25) is 0 Å². The zero-order chi connectivity index (χ0) is 15.4. The molecular formula is C14H23N5O2. The molecule has 1 aromatic heterocycles. The Morgan fingerprint density at radius 1 is 1.43 bits per heavy atom. The lowest BCUT2D eigenvalue weighted by molar-refractivity contribution is -0.385. The van der Waals surface area contributed by atoms with Crippen molar-refractivity contribution in [2.24, 2.45) is 0 Å². The molecule has 21 heavy (non-hydrogen) atoms. The van der Waals surface area contributed by atoms with E-state index in [9.17, 15) is 10.1 Å². The summed E-state index contributed by atoms with van der Waals surface area (Å²) < 4.78 is 0. The second-order valence-electron chi connectivity index (χ2n) is 5.69. The summed E-state index contributed by atoms with van der Waals surface area (Å²) in [5.74, 6) is 0.724. The molecule has 0 bridgehead atoms. The van der Waals surface area contributed by atoms with E-state index < -0.39 is 4.92 Å². The first-order valence-electron chi connectivity index (χ1n) is 7.25. The molecule has 1 aliphatic rings. The Morgan fingerprint density at radius 2 is 2.10 bits per heavy atom. The Kier molecular flexibility index (Phi) is 5.08. The van der Waals surface area contributed by atoms with Gasteiger partial charge in [0.1, 0.15) is 12.0 Å². The van der Waals surface area contributed by atoms with E-state index >= 15 is 0 Å². The smallest absolute Gasteiger partial charge is 0.287 e. The van der Waals surface area contributed by atoms with Gasteiger partial charge in [0.15, 0.2) is 0 Å². The van der Waals surface area contributed by atoms with E-state index in [0.29, 0.717) is 6.04 Å². The number of rotatable bonds is 5. The fraction of sp³-hybridized carbons (Fsp3) is 0.643. The number of nitro groups is 1. The van der Waals surface area contributed by atoms with E-state index in [2.05, 4.69) is 34.1 Å². The van der Waals surface area contributed by atoms with Crippen LogP contribution in [0, 0.1) is 17.0 Å². The highest BCUT2D eigenvalue weighted by atomic mass is 16.6. The number of pyridine rings is 1. The maximum atomic E-state index is 10.7. The number of aryl methyl sites for hydroxylation is 1. The molecule has 0 aromatic carbocycles. The molecule has 2 rings (SSSR count). The van der Waals surface area contributed by atoms with Gasteiger partial charge in [0.2, 0.25) is 0 Å². The van der Waals surface area contributed by atoms with Gasteiger partial charge in [-0.2, -0.15) is 0 Å². The largest absolute Gasteiger partial charge is 0.368 e. The number of piperazine rings is 1. The molecule has 2 heterocycles. The van der Waals surface area contributed by atoms with Gasteiger partial charge in [0.05, 0.1) is 4.92 Å². The van der Waals surface area contributed by atoms with Crippen molar-refractivity contribution in [3.63, 3.8) is 0 Å². The molecule has 7 heteroatoms. The minimum atomic E-state index is -0.420. The minimum Gasteiger partial charge on any atom is -0.368 e. The lowest BCUT2D eigenvalue weighted by Crippen LogP contribution is -2.49. The third-order valence-electron chi connectivity index (χ3n) is 4.00. The molecule has 0 saturated carbocycles.